The van der Waals surface area contributed by atoms with Gasteiger partial charge in [0.1, 0.15) is 0 Å². The lowest BCUT2D eigenvalue weighted by Crippen LogP contribution is -2.19. The van der Waals surface area contributed by atoms with E-state index in [0.29, 0.717) is 27.4 Å². The highest BCUT2D eigenvalue weighted by Gasteiger charge is 2.17. The van der Waals surface area contributed by atoms with Crippen molar-refractivity contribution >= 4 is 34.0 Å². The third kappa shape index (κ3) is 3.72. The van der Waals surface area contributed by atoms with Crippen molar-refractivity contribution in [3.8, 4) is 0 Å². The summed E-state index contributed by atoms with van der Waals surface area (Å²) in [6.45, 7) is 6.09. The van der Waals surface area contributed by atoms with Gasteiger partial charge in [0.2, 0.25) is 0 Å². The van der Waals surface area contributed by atoms with E-state index in [9.17, 15) is 4.21 Å². The fraction of sp³-hybridized carbons (Fsp3) is 0.545. The van der Waals surface area contributed by atoms with Gasteiger partial charge in [-0.1, -0.05) is 44.0 Å². The molecule has 1 rings (SSSR count). The second kappa shape index (κ2) is 5.99. The fourth-order valence-electron chi connectivity index (χ4n) is 1.12. The zero-order valence-corrected chi connectivity index (χ0v) is 11.9. The van der Waals surface area contributed by atoms with Crippen molar-refractivity contribution < 1.29 is 4.21 Å². The Morgan fingerprint density at radius 1 is 1.38 bits per heavy atom. The Kier molecular flexibility index (Phi) is 5.22. The van der Waals surface area contributed by atoms with Crippen LogP contribution in [-0.4, -0.2) is 14.4 Å². The monoisotopic (exact) mass is 279 g/mol. The van der Waals surface area contributed by atoms with Crippen LogP contribution < -0.4 is 0 Å². The van der Waals surface area contributed by atoms with Gasteiger partial charge in [0.15, 0.2) is 0 Å². The van der Waals surface area contributed by atoms with Gasteiger partial charge in [-0.2, -0.15) is 0 Å². The maximum atomic E-state index is 12.0. The summed E-state index contributed by atoms with van der Waals surface area (Å²) in [6, 6.07) is 1.63. The molecule has 0 fully saturated rings. The second-order valence-electron chi connectivity index (χ2n) is 4.06. The quantitative estimate of drug-likeness (QED) is 0.842. The van der Waals surface area contributed by atoms with Gasteiger partial charge in [-0.05, 0) is 12.0 Å². The molecule has 0 bridgehead atoms. The summed E-state index contributed by atoms with van der Waals surface area (Å²) < 4.78 is 12.0. The molecule has 5 heteroatoms. The first-order chi connectivity index (χ1) is 7.41. The molecule has 1 aromatic heterocycles. The molecule has 0 aliphatic rings. The summed E-state index contributed by atoms with van der Waals surface area (Å²) in [6.07, 6.45) is 1.53. The molecule has 2 nitrogen and oxygen atoms in total. The number of nitrogens with zero attached hydrogens (tertiary/aromatic N) is 1. The van der Waals surface area contributed by atoms with Gasteiger partial charge in [0.05, 0.1) is 21.5 Å². The Morgan fingerprint density at radius 3 is 2.50 bits per heavy atom. The average molecular weight is 280 g/mol. The average Bonchev–Trinajstić information content (AvgIpc) is 2.20. The van der Waals surface area contributed by atoms with E-state index in [1.807, 2.05) is 6.92 Å². The Balaban J connectivity index is 2.77. The molecule has 0 saturated heterocycles. The van der Waals surface area contributed by atoms with Crippen LogP contribution in [0.5, 0.6) is 0 Å². The predicted octanol–water partition coefficient (Wildman–Crippen LogP) is 3.68. The van der Waals surface area contributed by atoms with Crippen LogP contribution in [0.1, 0.15) is 26.5 Å². The normalized spacial score (nSPS) is 15.1. The molecule has 0 spiro atoms. The van der Waals surface area contributed by atoms with Gasteiger partial charge < -0.3 is 0 Å². The number of hydrogen-bond donors (Lipinski definition) is 0. The molecule has 0 aliphatic carbocycles. The van der Waals surface area contributed by atoms with E-state index in [0.717, 1.165) is 0 Å². The molecule has 1 heterocycles. The number of aromatic nitrogens is 1. The topological polar surface area (TPSA) is 30.0 Å². The smallest absolute Gasteiger partial charge is 0.0715 e. The molecule has 0 radical (unpaired) electrons. The minimum absolute atomic E-state index is 0.133. The van der Waals surface area contributed by atoms with E-state index in [2.05, 4.69) is 18.8 Å². The molecule has 0 unspecified atom stereocenters. The van der Waals surface area contributed by atoms with E-state index < -0.39 is 10.8 Å². The lowest BCUT2D eigenvalue weighted by atomic mass is 10.2. The van der Waals surface area contributed by atoms with Crippen molar-refractivity contribution in [3.63, 3.8) is 0 Å². The van der Waals surface area contributed by atoms with E-state index in [4.69, 9.17) is 23.2 Å². The molecule has 0 aliphatic heterocycles. The number of halogens is 2. The maximum absolute atomic E-state index is 12.0. The van der Waals surface area contributed by atoms with Crippen LogP contribution in [0, 0.1) is 5.92 Å². The van der Waals surface area contributed by atoms with Crippen LogP contribution in [-0.2, 0) is 16.6 Å². The van der Waals surface area contributed by atoms with E-state index in [-0.39, 0.29) is 5.25 Å². The summed E-state index contributed by atoms with van der Waals surface area (Å²) in [7, 11) is -0.953. The van der Waals surface area contributed by atoms with Gasteiger partial charge in [-0.15, -0.1) is 0 Å². The first-order valence-corrected chi connectivity index (χ1v) is 7.22. The molecular weight excluding hydrogens is 265 g/mol. The van der Waals surface area contributed by atoms with Crippen LogP contribution in [0.2, 0.25) is 10.0 Å². The number of pyridine rings is 1. The fourth-order valence-corrected chi connectivity index (χ4v) is 3.01. The van der Waals surface area contributed by atoms with Gasteiger partial charge >= 0.3 is 0 Å². The standard InChI is InChI=1S/C11H15Cl2NOS/c1-7(2)8(3)16(15)6-11-10(13)4-9(12)5-14-11/h4-5,7-8H,6H2,1-3H3/t8-,16-/m0/s1. The molecule has 90 valence electrons. The minimum Gasteiger partial charge on any atom is -0.259 e. The van der Waals surface area contributed by atoms with Gasteiger partial charge in [0, 0.05) is 22.2 Å². The zero-order valence-electron chi connectivity index (χ0n) is 9.54. The van der Waals surface area contributed by atoms with Gasteiger partial charge in [-0.3, -0.25) is 9.19 Å². The molecule has 1 aromatic rings. The highest BCUT2D eigenvalue weighted by atomic mass is 35.5. The van der Waals surface area contributed by atoms with Crippen molar-refractivity contribution in [1.29, 1.82) is 0 Å². The summed E-state index contributed by atoms with van der Waals surface area (Å²) in [5.41, 5.74) is 0.650. The Labute approximate surface area is 109 Å². The van der Waals surface area contributed by atoms with Crippen LogP contribution in [0.25, 0.3) is 0 Å². The summed E-state index contributed by atoms with van der Waals surface area (Å²) >= 11 is 11.7. The molecule has 2 atom stereocenters. The van der Waals surface area contributed by atoms with Crippen LogP contribution in [0.15, 0.2) is 12.3 Å². The van der Waals surface area contributed by atoms with Crippen molar-refractivity contribution in [2.24, 2.45) is 5.92 Å². The predicted molar refractivity (Wildman–Crippen MR) is 70.4 cm³/mol. The lowest BCUT2D eigenvalue weighted by Gasteiger charge is -2.15. The van der Waals surface area contributed by atoms with Crippen molar-refractivity contribution in [1.82, 2.24) is 4.98 Å². The van der Waals surface area contributed by atoms with E-state index in [1.54, 1.807) is 6.07 Å². The second-order valence-corrected chi connectivity index (χ2v) is 6.69. The zero-order chi connectivity index (χ0) is 12.3. The van der Waals surface area contributed by atoms with Gasteiger partial charge in [0.25, 0.3) is 0 Å². The van der Waals surface area contributed by atoms with Gasteiger partial charge in [-0.25, -0.2) is 0 Å². The van der Waals surface area contributed by atoms with Crippen molar-refractivity contribution in [3.05, 3.63) is 28.0 Å². The Morgan fingerprint density at radius 2 is 2.00 bits per heavy atom. The van der Waals surface area contributed by atoms with E-state index in [1.165, 1.54) is 6.20 Å². The highest BCUT2D eigenvalue weighted by Crippen LogP contribution is 2.21. The largest absolute Gasteiger partial charge is 0.259 e. The summed E-state index contributed by atoms with van der Waals surface area (Å²) in [5, 5.41) is 1.11. The third-order valence-electron chi connectivity index (χ3n) is 2.52. The highest BCUT2D eigenvalue weighted by molar-refractivity contribution is 7.84. The van der Waals surface area contributed by atoms with Crippen molar-refractivity contribution in [2.75, 3.05) is 0 Å². The Bertz CT molecular complexity index is 396. The third-order valence-corrected chi connectivity index (χ3v) is 4.98. The maximum Gasteiger partial charge on any atom is 0.0715 e. The summed E-state index contributed by atoms with van der Waals surface area (Å²) in [5.74, 6) is 0.766. The van der Waals surface area contributed by atoms with Crippen LogP contribution in [0.3, 0.4) is 0 Å². The van der Waals surface area contributed by atoms with Crippen molar-refractivity contribution in [2.45, 2.75) is 31.8 Å². The minimum atomic E-state index is -0.953. The van der Waals surface area contributed by atoms with E-state index >= 15 is 0 Å². The molecule has 0 N–H and O–H groups in total. The Hall–Kier alpha value is -0.120. The van der Waals surface area contributed by atoms with Crippen LogP contribution in [0.4, 0.5) is 0 Å². The first-order valence-electron chi connectivity index (χ1n) is 5.09. The molecule has 0 amide bonds. The SMILES string of the molecule is CC(C)[C@H](C)[S@@](=O)Cc1ncc(Cl)cc1Cl. The molecular formula is C11H15Cl2NOS. The molecule has 0 saturated carbocycles. The first kappa shape index (κ1) is 13.9. The van der Waals surface area contributed by atoms with Crippen LogP contribution >= 0.6 is 23.2 Å². The number of rotatable bonds is 4. The molecule has 0 aromatic carbocycles. The summed E-state index contributed by atoms with van der Waals surface area (Å²) in [4.78, 5) is 4.10. The lowest BCUT2D eigenvalue weighted by molar-refractivity contribution is 0.604. The number of hydrogen-bond acceptors (Lipinski definition) is 2. The molecule has 16 heavy (non-hydrogen) atoms.